The lowest BCUT2D eigenvalue weighted by molar-refractivity contribution is -0.117. The first kappa shape index (κ1) is 20.0. The van der Waals surface area contributed by atoms with Gasteiger partial charge >= 0.3 is 6.03 Å². The molecule has 1 aliphatic rings. The van der Waals surface area contributed by atoms with Crippen molar-refractivity contribution in [2.24, 2.45) is 0 Å². The van der Waals surface area contributed by atoms with Crippen molar-refractivity contribution in [1.29, 1.82) is 0 Å². The number of nitrogens with one attached hydrogen (secondary N) is 2. The normalized spacial score (nSPS) is 16.0. The van der Waals surface area contributed by atoms with Crippen LogP contribution in [-0.2, 0) is 4.79 Å². The molecule has 2 aromatic carbocycles. The van der Waals surface area contributed by atoms with Crippen molar-refractivity contribution >= 4 is 44.3 Å². The molecule has 4 rings (SSSR count). The van der Waals surface area contributed by atoms with Crippen LogP contribution in [0.5, 0.6) is 11.5 Å². The van der Waals surface area contributed by atoms with Gasteiger partial charge in [-0.15, -0.1) is 0 Å². The Balaban J connectivity index is 1.40. The topological polar surface area (TPSA) is 92.8 Å². The fraction of sp³-hybridized carbons (Fsp3) is 0.286. The standard InChI is InChI=1S/C21H22N4O4S/c1-12-4-6-15-18(8-12)30-21(23-15)24-20(27)22-13-9-19(26)25(11-13)14-5-7-16(28-2)17(10-14)29-3/h4-8,10,13H,9,11H2,1-3H3,(H2,22,23,24,27)/t13-/m1/s1. The molecule has 3 amide bonds. The number of hydrogen-bond donors (Lipinski definition) is 2. The SMILES string of the molecule is COc1ccc(N2C[C@H](NC(=O)Nc3nc4ccc(C)cc4s3)CC2=O)cc1OC. The quantitative estimate of drug-likeness (QED) is 0.651. The predicted octanol–water partition coefficient (Wildman–Crippen LogP) is 3.55. The maximum Gasteiger partial charge on any atom is 0.321 e. The molecule has 1 saturated heterocycles. The average Bonchev–Trinajstić information content (AvgIpc) is 3.28. The van der Waals surface area contributed by atoms with Crippen LogP contribution < -0.4 is 25.0 Å². The second-order valence-electron chi connectivity index (χ2n) is 7.03. The molecular formula is C21H22N4O4S. The Morgan fingerprint density at radius 1 is 1.17 bits per heavy atom. The number of hydrogen-bond acceptors (Lipinski definition) is 6. The van der Waals surface area contributed by atoms with Crippen LogP contribution in [0.2, 0.25) is 0 Å². The number of carbonyl (C=O) groups is 2. The van der Waals surface area contributed by atoms with Gasteiger partial charge in [0, 0.05) is 24.7 Å². The molecule has 0 aliphatic carbocycles. The molecule has 9 heteroatoms. The summed E-state index contributed by atoms with van der Waals surface area (Å²) in [5.74, 6) is 1.07. The van der Waals surface area contributed by atoms with E-state index in [1.807, 2.05) is 25.1 Å². The molecule has 1 aliphatic heterocycles. The highest BCUT2D eigenvalue weighted by atomic mass is 32.1. The Labute approximate surface area is 177 Å². The summed E-state index contributed by atoms with van der Waals surface area (Å²) in [7, 11) is 3.11. The molecule has 1 atom stereocenters. The third-order valence-corrected chi connectivity index (χ3v) is 5.84. The number of urea groups is 1. The maximum atomic E-state index is 12.5. The number of nitrogens with zero attached hydrogens (tertiary/aromatic N) is 2. The van der Waals surface area contributed by atoms with Crippen LogP contribution in [0.15, 0.2) is 36.4 Å². The third kappa shape index (κ3) is 4.02. The molecule has 8 nitrogen and oxygen atoms in total. The largest absolute Gasteiger partial charge is 0.493 e. The molecular weight excluding hydrogens is 404 g/mol. The Kier molecular flexibility index (Phi) is 5.45. The first-order valence-corrected chi connectivity index (χ1v) is 10.3. The molecule has 156 valence electrons. The van der Waals surface area contributed by atoms with Crippen molar-refractivity contribution in [3.05, 3.63) is 42.0 Å². The minimum atomic E-state index is -0.377. The molecule has 0 spiro atoms. The second-order valence-corrected chi connectivity index (χ2v) is 8.06. The van der Waals surface area contributed by atoms with E-state index < -0.39 is 0 Å². The number of fused-ring (bicyclic) bond motifs is 1. The molecule has 0 unspecified atom stereocenters. The van der Waals surface area contributed by atoms with E-state index in [0.29, 0.717) is 28.9 Å². The van der Waals surface area contributed by atoms with E-state index in [0.717, 1.165) is 15.8 Å². The maximum absolute atomic E-state index is 12.5. The number of methoxy groups -OCH3 is 2. The fourth-order valence-corrected chi connectivity index (χ4v) is 4.41. The molecule has 2 N–H and O–H groups in total. The Bertz CT molecular complexity index is 1110. The zero-order chi connectivity index (χ0) is 21.3. The van der Waals surface area contributed by atoms with E-state index in [4.69, 9.17) is 9.47 Å². The number of thiazole rings is 1. The predicted molar refractivity (Wildman–Crippen MR) is 117 cm³/mol. The van der Waals surface area contributed by atoms with Gasteiger partial charge in [0.2, 0.25) is 5.91 Å². The summed E-state index contributed by atoms with van der Waals surface area (Å²) in [4.78, 5) is 31.0. The van der Waals surface area contributed by atoms with Crippen LogP contribution in [0.4, 0.5) is 15.6 Å². The van der Waals surface area contributed by atoms with Crippen LogP contribution in [-0.4, -0.2) is 43.7 Å². The van der Waals surface area contributed by atoms with Gasteiger partial charge in [-0.25, -0.2) is 9.78 Å². The van der Waals surface area contributed by atoms with Crippen LogP contribution >= 0.6 is 11.3 Å². The number of carbonyl (C=O) groups excluding carboxylic acids is 2. The molecule has 0 radical (unpaired) electrons. The number of aromatic nitrogens is 1. The number of aryl methyl sites for hydroxylation is 1. The summed E-state index contributed by atoms with van der Waals surface area (Å²) in [6.45, 7) is 2.39. The second kappa shape index (κ2) is 8.19. The summed E-state index contributed by atoms with van der Waals surface area (Å²) in [5, 5.41) is 6.16. The molecule has 30 heavy (non-hydrogen) atoms. The Morgan fingerprint density at radius 3 is 2.73 bits per heavy atom. The van der Waals surface area contributed by atoms with E-state index in [1.54, 1.807) is 37.3 Å². The number of anilines is 2. The van der Waals surface area contributed by atoms with E-state index in [9.17, 15) is 9.59 Å². The van der Waals surface area contributed by atoms with Crippen LogP contribution in [0, 0.1) is 6.92 Å². The number of ether oxygens (including phenoxy) is 2. The van der Waals surface area contributed by atoms with Gasteiger partial charge in [-0.2, -0.15) is 0 Å². The smallest absolute Gasteiger partial charge is 0.321 e. The lowest BCUT2D eigenvalue weighted by Gasteiger charge is -2.19. The highest BCUT2D eigenvalue weighted by Gasteiger charge is 2.32. The van der Waals surface area contributed by atoms with Crippen molar-refractivity contribution in [2.75, 3.05) is 31.0 Å². The number of amides is 3. The lowest BCUT2D eigenvalue weighted by Crippen LogP contribution is -2.39. The van der Waals surface area contributed by atoms with Crippen molar-refractivity contribution in [3.63, 3.8) is 0 Å². The van der Waals surface area contributed by atoms with Gasteiger partial charge in [-0.1, -0.05) is 17.4 Å². The zero-order valence-corrected chi connectivity index (χ0v) is 17.7. The van der Waals surface area contributed by atoms with Gasteiger partial charge in [0.05, 0.1) is 30.5 Å². The highest BCUT2D eigenvalue weighted by Crippen LogP contribution is 2.33. The minimum Gasteiger partial charge on any atom is -0.493 e. The molecule has 3 aromatic rings. The van der Waals surface area contributed by atoms with Crippen molar-refractivity contribution in [2.45, 2.75) is 19.4 Å². The molecule has 0 bridgehead atoms. The van der Waals surface area contributed by atoms with Crippen molar-refractivity contribution < 1.29 is 19.1 Å². The van der Waals surface area contributed by atoms with Crippen molar-refractivity contribution in [3.8, 4) is 11.5 Å². The summed E-state index contributed by atoms with van der Waals surface area (Å²) >= 11 is 1.42. The molecule has 0 saturated carbocycles. The molecule has 2 heterocycles. The average molecular weight is 426 g/mol. The zero-order valence-electron chi connectivity index (χ0n) is 16.9. The van der Waals surface area contributed by atoms with Crippen LogP contribution in [0.1, 0.15) is 12.0 Å². The lowest BCUT2D eigenvalue weighted by atomic mass is 10.2. The fourth-order valence-electron chi connectivity index (χ4n) is 3.45. The van der Waals surface area contributed by atoms with Gasteiger partial charge in [0.25, 0.3) is 0 Å². The van der Waals surface area contributed by atoms with E-state index in [2.05, 4.69) is 15.6 Å². The van der Waals surface area contributed by atoms with Gasteiger partial charge in [0.15, 0.2) is 16.6 Å². The molecule has 1 fully saturated rings. The molecule has 1 aromatic heterocycles. The highest BCUT2D eigenvalue weighted by molar-refractivity contribution is 7.22. The van der Waals surface area contributed by atoms with Gasteiger partial charge in [0.1, 0.15) is 0 Å². The van der Waals surface area contributed by atoms with Crippen LogP contribution in [0.25, 0.3) is 10.2 Å². The Hall–Kier alpha value is -3.33. The van der Waals surface area contributed by atoms with E-state index >= 15 is 0 Å². The third-order valence-electron chi connectivity index (χ3n) is 4.90. The number of benzene rings is 2. The summed E-state index contributed by atoms with van der Waals surface area (Å²) in [5.41, 5.74) is 2.68. The Morgan fingerprint density at radius 2 is 1.97 bits per heavy atom. The number of rotatable bonds is 5. The van der Waals surface area contributed by atoms with Crippen LogP contribution in [0.3, 0.4) is 0 Å². The first-order chi connectivity index (χ1) is 14.5. The summed E-state index contributed by atoms with van der Waals surface area (Å²) in [6.07, 6.45) is 0.223. The van der Waals surface area contributed by atoms with E-state index in [-0.39, 0.29) is 24.4 Å². The van der Waals surface area contributed by atoms with Gasteiger partial charge in [-0.3, -0.25) is 10.1 Å². The summed E-state index contributed by atoms with van der Waals surface area (Å²) in [6, 6.07) is 10.6. The minimum absolute atomic E-state index is 0.0667. The van der Waals surface area contributed by atoms with E-state index in [1.165, 1.54) is 11.3 Å². The van der Waals surface area contributed by atoms with Crippen molar-refractivity contribution in [1.82, 2.24) is 10.3 Å². The van der Waals surface area contributed by atoms with Gasteiger partial charge < -0.3 is 19.7 Å². The monoisotopic (exact) mass is 426 g/mol. The first-order valence-electron chi connectivity index (χ1n) is 9.44. The summed E-state index contributed by atoms with van der Waals surface area (Å²) < 4.78 is 11.6. The van der Waals surface area contributed by atoms with Gasteiger partial charge in [-0.05, 0) is 36.8 Å².